The molecule has 3 heterocycles. The zero-order valence-corrected chi connectivity index (χ0v) is 14.2. The Kier molecular flexibility index (Phi) is 5.00. The second kappa shape index (κ2) is 7.35. The van der Waals surface area contributed by atoms with Crippen LogP contribution in [0.15, 0.2) is 30.6 Å². The highest BCUT2D eigenvalue weighted by Gasteiger charge is 2.13. The van der Waals surface area contributed by atoms with Crippen LogP contribution in [0.1, 0.15) is 31.9 Å². The SMILES string of the molecule is COCCCNc1cc(C(C)C)nc2nc(-c3cccnc3)nn12. The van der Waals surface area contributed by atoms with Gasteiger partial charge in [-0.1, -0.05) is 13.8 Å². The van der Waals surface area contributed by atoms with Gasteiger partial charge in [-0.3, -0.25) is 4.98 Å². The fourth-order valence-electron chi connectivity index (χ4n) is 2.36. The van der Waals surface area contributed by atoms with E-state index in [0.29, 0.717) is 17.5 Å². The topological polar surface area (TPSA) is 77.2 Å². The van der Waals surface area contributed by atoms with Crippen molar-refractivity contribution in [3.8, 4) is 11.4 Å². The van der Waals surface area contributed by atoms with Crippen LogP contribution in [-0.4, -0.2) is 44.8 Å². The molecule has 0 radical (unpaired) electrons. The van der Waals surface area contributed by atoms with Crippen molar-refractivity contribution in [2.45, 2.75) is 26.2 Å². The third kappa shape index (κ3) is 3.51. The summed E-state index contributed by atoms with van der Waals surface area (Å²) >= 11 is 0. The molecule has 0 aliphatic heterocycles. The first-order valence-electron chi connectivity index (χ1n) is 8.10. The van der Waals surface area contributed by atoms with Crippen LogP contribution in [-0.2, 0) is 4.74 Å². The van der Waals surface area contributed by atoms with Crippen LogP contribution < -0.4 is 5.32 Å². The average Bonchev–Trinajstić information content (AvgIpc) is 3.03. The Bertz CT molecular complexity index is 799. The second-order valence-electron chi connectivity index (χ2n) is 5.88. The van der Waals surface area contributed by atoms with Crippen LogP contribution in [0.25, 0.3) is 17.2 Å². The Balaban J connectivity index is 1.99. The average molecular weight is 326 g/mol. The molecule has 0 fully saturated rings. The summed E-state index contributed by atoms with van der Waals surface area (Å²) in [6.07, 6.45) is 4.41. The van der Waals surface area contributed by atoms with Crippen molar-refractivity contribution in [2.75, 3.05) is 25.6 Å². The van der Waals surface area contributed by atoms with Crippen LogP contribution >= 0.6 is 0 Å². The lowest BCUT2D eigenvalue weighted by atomic mass is 10.1. The number of ether oxygens (including phenoxy) is 1. The molecule has 0 atom stereocenters. The van der Waals surface area contributed by atoms with Gasteiger partial charge in [0.15, 0.2) is 5.82 Å². The molecule has 0 aliphatic carbocycles. The minimum absolute atomic E-state index is 0.313. The van der Waals surface area contributed by atoms with E-state index in [-0.39, 0.29) is 0 Å². The summed E-state index contributed by atoms with van der Waals surface area (Å²) in [6.45, 7) is 5.75. The number of anilines is 1. The van der Waals surface area contributed by atoms with Gasteiger partial charge in [-0.2, -0.15) is 9.50 Å². The highest BCUT2D eigenvalue weighted by molar-refractivity contribution is 5.57. The Morgan fingerprint density at radius 2 is 2.17 bits per heavy atom. The summed E-state index contributed by atoms with van der Waals surface area (Å²) in [6, 6.07) is 5.85. The van der Waals surface area contributed by atoms with Gasteiger partial charge in [0, 0.05) is 44.3 Å². The van der Waals surface area contributed by atoms with Gasteiger partial charge in [0.05, 0.1) is 5.69 Å². The van der Waals surface area contributed by atoms with Crippen molar-refractivity contribution in [1.29, 1.82) is 0 Å². The summed E-state index contributed by atoms with van der Waals surface area (Å²) in [5.74, 6) is 2.42. The second-order valence-corrected chi connectivity index (χ2v) is 5.88. The summed E-state index contributed by atoms with van der Waals surface area (Å²) in [5.41, 5.74) is 1.86. The lowest BCUT2D eigenvalue weighted by Gasteiger charge is -2.11. The number of nitrogens with one attached hydrogen (secondary N) is 1. The summed E-state index contributed by atoms with van der Waals surface area (Å²) < 4.78 is 6.85. The van der Waals surface area contributed by atoms with Gasteiger partial charge in [-0.05, 0) is 24.5 Å². The number of hydrogen-bond acceptors (Lipinski definition) is 6. The van der Waals surface area contributed by atoms with Crippen molar-refractivity contribution in [3.05, 3.63) is 36.3 Å². The van der Waals surface area contributed by atoms with Gasteiger partial charge in [-0.25, -0.2) is 4.98 Å². The highest BCUT2D eigenvalue weighted by atomic mass is 16.5. The van der Waals surface area contributed by atoms with E-state index >= 15 is 0 Å². The Morgan fingerprint density at radius 1 is 1.29 bits per heavy atom. The maximum atomic E-state index is 5.10. The van der Waals surface area contributed by atoms with E-state index in [1.807, 2.05) is 18.2 Å². The normalized spacial score (nSPS) is 11.3. The minimum Gasteiger partial charge on any atom is -0.385 e. The van der Waals surface area contributed by atoms with E-state index < -0.39 is 0 Å². The summed E-state index contributed by atoms with van der Waals surface area (Å²) in [7, 11) is 1.71. The molecule has 126 valence electrons. The quantitative estimate of drug-likeness (QED) is 0.673. The molecule has 0 saturated heterocycles. The number of rotatable bonds is 7. The van der Waals surface area contributed by atoms with Gasteiger partial charge in [0.25, 0.3) is 5.78 Å². The standard InChI is InChI=1S/C17H22N6O/c1-12(2)14-10-15(19-8-5-9-24-3)23-17(20-14)21-16(22-23)13-6-4-7-18-11-13/h4,6-7,10-12,19H,5,8-9H2,1-3H3. The molecule has 0 aliphatic rings. The number of pyridine rings is 1. The van der Waals surface area contributed by atoms with Crippen LogP contribution in [0.2, 0.25) is 0 Å². The zero-order valence-electron chi connectivity index (χ0n) is 14.2. The van der Waals surface area contributed by atoms with E-state index in [0.717, 1.165) is 36.6 Å². The van der Waals surface area contributed by atoms with Gasteiger partial charge in [-0.15, -0.1) is 5.10 Å². The molecule has 0 unspecified atom stereocenters. The van der Waals surface area contributed by atoms with Crippen LogP contribution in [0.3, 0.4) is 0 Å². The minimum atomic E-state index is 0.313. The summed E-state index contributed by atoms with van der Waals surface area (Å²) in [4.78, 5) is 13.3. The fraction of sp³-hybridized carbons (Fsp3) is 0.412. The molecule has 3 aromatic heterocycles. The molecular formula is C17H22N6O. The first-order valence-corrected chi connectivity index (χ1v) is 8.10. The molecule has 0 bridgehead atoms. The van der Waals surface area contributed by atoms with E-state index in [1.54, 1.807) is 24.0 Å². The van der Waals surface area contributed by atoms with Crippen LogP contribution in [0.5, 0.6) is 0 Å². The molecule has 0 aromatic carbocycles. The maximum absolute atomic E-state index is 5.10. The zero-order chi connectivity index (χ0) is 16.9. The molecular weight excluding hydrogens is 304 g/mol. The monoisotopic (exact) mass is 326 g/mol. The molecule has 24 heavy (non-hydrogen) atoms. The molecule has 0 saturated carbocycles. The Hall–Kier alpha value is -2.54. The smallest absolute Gasteiger partial charge is 0.254 e. The van der Waals surface area contributed by atoms with Gasteiger partial charge >= 0.3 is 0 Å². The number of nitrogens with zero attached hydrogens (tertiary/aromatic N) is 5. The molecule has 1 N–H and O–H groups in total. The molecule has 7 nitrogen and oxygen atoms in total. The third-order valence-electron chi connectivity index (χ3n) is 3.67. The first-order chi connectivity index (χ1) is 11.7. The summed E-state index contributed by atoms with van der Waals surface area (Å²) in [5, 5.41) is 8.00. The van der Waals surface area contributed by atoms with Crippen molar-refractivity contribution in [1.82, 2.24) is 24.6 Å². The van der Waals surface area contributed by atoms with Gasteiger partial charge in [0.1, 0.15) is 5.82 Å². The molecule has 0 amide bonds. The van der Waals surface area contributed by atoms with Crippen LogP contribution in [0, 0.1) is 0 Å². The molecule has 3 rings (SSSR count). The molecule has 7 heteroatoms. The van der Waals surface area contributed by atoms with Crippen molar-refractivity contribution >= 4 is 11.6 Å². The van der Waals surface area contributed by atoms with Crippen LogP contribution in [0.4, 0.5) is 5.82 Å². The number of methoxy groups -OCH3 is 1. The largest absolute Gasteiger partial charge is 0.385 e. The van der Waals surface area contributed by atoms with E-state index in [9.17, 15) is 0 Å². The number of aromatic nitrogens is 5. The Morgan fingerprint density at radius 3 is 2.88 bits per heavy atom. The number of hydrogen-bond donors (Lipinski definition) is 1. The van der Waals surface area contributed by atoms with Crippen molar-refractivity contribution in [3.63, 3.8) is 0 Å². The fourth-order valence-corrected chi connectivity index (χ4v) is 2.36. The van der Waals surface area contributed by atoms with Gasteiger partial charge in [0.2, 0.25) is 0 Å². The first kappa shape index (κ1) is 16.3. The molecule has 0 spiro atoms. The van der Waals surface area contributed by atoms with E-state index in [4.69, 9.17) is 4.74 Å². The lowest BCUT2D eigenvalue weighted by molar-refractivity contribution is 0.197. The predicted octanol–water partition coefficient (Wildman–Crippen LogP) is 2.76. The molecule has 3 aromatic rings. The maximum Gasteiger partial charge on any atom is 0.254 e. The van der Waals surface area contributed by atoms with Crippen molar-refractivity contribution < 1.29 is 4.74 Å². The number of fused-ring (bicyclic) bond motifs is 1. The predicted molar refractivity (Wildman–Crippen MR) is 93.1 cm³/mol. The third-order valence-corrected chi connectivity index (χ3v) is 3.67. The van der Waals surface area contributed by atoms with E-state index in [2.05, 4.69) is 39.2 Å². The lowest BCUT2D eigenvalue weighted by Crippen LogP contribution is -2.10. The van der Waals surface area contributed by atoms with Crippen molar-refractivity contribution in [2.24, 2.45) is 0 Å². The van der Waals surface area contributed by atoms with Gasteiger partial charge < -0.3 is 10.1 Å². The Labute approximate surface area is 141 Å². The highest BCUT2D eigenvalue weighted by Crippen LogP contribution is 2.21. The van der Waals surface area contributed by atoms with E-state index in [1.165, 1.54) is 0 Å².